The minimum atomic E-state index is -0.0706. The van der Waals surface area contributed by atoms with E-state index in [-0.39, 0.29) is 12.5 Å². The Morgan fingerprint density at radius 1 is 0.962 bits per heavy atom. The number of hydrogen-bond donors (Lipinski definition) is 1. The maximum atomic E-state index is 12.0. The number of para-hydroxylation sites is 1. The van der Waals surface area contributed by atoms with E-state index in [0.29, 0.717) is 18.4 Å². The minimum Gasteiger partial charge on any atom is -0.483 e. The fourth-order valence-electron chi connectivity index (χ4n) is 2.87. The van der Waals surface area contributed by atoms with Crippen LogP contribution in [0.1, 0.15) is 62.6 Å². The second kappa shape index (κ2) is 10.0. The summed E-state index contributed by atoms with van der Waals surface area (Å²) in [7, 11) is 0. The molecule has 2 aromatic carbocycles. The van der Waals surface area contributed by atoms with Crippen molar-refractivity contribution in [2.45, 2.75) is 52.4 Å². The van der Waals surface area contributed by atoms with Gasteiger partial charge in [-0.3, -0.25) is 4.79 Å². The van der Waals surface area contributed by atoms with E-state index in [1.165, 1.54) is 11.1 Å². The van der Waals surface area contributed by atoms with Gasteiger partial charge in [0, 0.05) is 6.54 Å². The summed E-state index contributed by atoms with van der Waals surface area (Å²) in [5, 5.41) is 2.94. The molecule has 0 aliphatic carbocycles. The minimum absolute atomic E-state index is 0.0623. The molecule has 3 heteroatoms. The molecule has 0 aliphatic rings. The first-order valence-corrected chi connectivity index (χ1v) is 9.54. The molecule has 2 aromatic rings. The Morgan fingerprint density at radius 3 is 2.31 bits per heavy atom. The van der Waals surface area contributed by atoms with Crippen molar-refractivity contribution in [3.8, 4) is 5.75 Å². The zero-order chi connectivity index (χ0) is 18.9. The predicted molar refractivity (Wildman–Crippen MR) is 108 cm³/mol. The monoisotopic (exact) mass is 353 g/mol. The number of rotatable bonds is 9. The number of aryl methyl sites for hydroxylation is 1. The summed E-state index contributed by atoms with van der Waals surface area (Å²) in [6, 6.07) is 16.6. The smallest absolute Gasteiger partial charge is 0.257 e. The van der Waals surface area contributed by atoms with Gasteiger partial charge in [-0.05, 0) is 47.4 Å². The molecule has 0 bridgehead atoms. The van der Waals surface area contributed by atoms with Crippen molar-refractivity contribution in [1.82, 2.24) is 5.32 Å². The third-order valence-corrected chi connectivity index (χ3v) is 4.51. The van der Waals surface area contributed by atoms with Gasteiger partial charge < -0.3 is 10.1 Å². The number of benzene rings is 2. The molecule has 0 aromatic heterocycles. The van der Waals surface area contributed by atoms with E-state index in [2.05, 4.69) is 57.3 Å². The summed E-state index contributed by atoms with van der Waals surface area (Å²) >= 11 is 0. The molecule has 0 saturated carbocycles. The third kappa shape index (κ3) is 6.21. The van der Waals surface area contributed by atoms with Crippen molar-refractivity contribution in [3.63, 3.8) is 0 Å². The predicted octanol–water partition coefficient (Wildman–Crippen LogP) is 5.06. The molecule has 0 atom stereocenters. The van der Waals surface area contributed by atoms with Crippen molar-refractivity contribution < 1.29 is 9.53 Å². The lowest BCUT2D eigenvalue weighted by molar-refractivity contribution is -0.123. The molecule has 0 spiro atoms. The maximum Gasteiger partial charge on any atom is 0.257 e. The van der Waals surface area contributed by atoms with Crippen LogP contribution in [0.5, 0.6) is 5.75 Å². The highest BCUT2D eigenvalue weighted by atomic mass is 16.5. The van der Waals surface area contributed by atoms with E-state index >= 15 is 0 Å². The molecular formula is C23H31NO2. The van der Waals surface area contributed by atoms with Gasteiger partial charge in [0.05, 0.1) is 0 Å². The molecule has 0 saturated heterocycles. The van der Waals surface area contributed by atoms with Crippen molar-refractivity contribution in [1.29, 1.82) is 0 Å². The zero-order valence-electron chi connectivity index (χ0n) is 16.4. The van der Waals surface area contributed by atoms with Crippen LogP contribution in [0.4, 0.5) is 0 Å². The molecule has 1 amide bonds. The molecule has 1 N–H and O–H groups in total. The van der Waals surface area contributed by atoms with E-state index in [9.17, 15) is 4.79 Å². The SMILES string of the molecule is CC(C)c1ccc(CCCNC(=O)COc2ccccc2C(C)C)cc1. The Labute approximate surface area is 157 Å². The van der Waals surface area contributed by atoms with Crippen LogP contribution in [0.15, 0.2) is 48.5 Å². The largest absolute Gasteiger partial charge is 0.483 e. The second-order valence-corrected chi connectivity index (χ2v) is 7.33. The quantitative estimate of drug-likeness (QED) is 0.640. The highest BCUT2D eigenvalue weighted by molar-refractivity contribution is 5.77. The number of hydrogen-bond acceptors (Lipinski definition) is 2. The van der Waals surface area contributed by atoms with E-state index in [0.717, 1.165) is 24.2 Å². The first-order valence-electron chi connectivity index (χ1n) is 9.54. The summed E-state index contributed by atoms with van der Waals surface area (Å²) < 4.78 is 5.70. The first-order chi connectivity index (χ1) is 12.5. The third-order valence-electron chi connectivity index (χ3n) is 4.51. The maximum absolute atomic E-state index is 12.0. The molecule has 0 unspecified atom stereocenters. The summed E-state index contributed by atoms with van der Waals surface area (Å²) in [6.07, 6.45) is 1.89. The second-order valence-electron chi connectivity index (χ2n) is 7.33. The van der Waals surface area contributed by atoms with Crippen LogP contribution in [0, 0.1) is 0 Å². The van der Waals surface area contributed by atoms with Gasteiger partial charge in [0.1, 0.15) is 5.75 Å². The summed E-state index contributed by atoms with van der Waals surface area (Å²) in [5.41, 5.74) is 3.80. The van der Waals surface area contributed by atoms with E-state index < -0.39 is 0 Å². The number of carbonyl (C=O) groups excluding carboxylic acids is 1. The standard InChI is InChI=1S/C23H31NO2/c1-17(2)20-13-11-19(12-14-20)8-7-15-24-23(25)16-26-22-10-6-5-9-21(22)18(3)4/h5-6,9-14,17-18H,7-8,15-16H2,1-4H3,(H,24,25). The van der Waals surface area contributed by atoms with Crippen molar-refractivity contribution in [2.75, 3.05) is 13.2 Å². The van der Waals surface area contributed by atoms with E-state index in [1.54, 1.807) is 0 Å². The molecule has 26 heavy (non-hydrogen) atoms. The van der Waals surface area contributed by atoms with Crippen LogP contribution >= 0.6 is 0 Å². The van der Waals surface area contributed by atoms with Crippen LogP contribution in [0.2, 0.25) is 0 Å². The lowest BCUT2D eigenvalue weighted by Gasteiger charge is -2.13. The number of ether oxygens (including phenoxy) is 1. The van der Waals surface area contributed by atoms with Crippen molar-refractivity contribution in [3.05, 3.63) is 65.2 Å². The fourth-order valence-corrected chi connectivity index (χ4v) is 2.87. The first kappa shape index (κ1) is 20.0. The molecule has 0 radical (unpaired) electrons. The van der Waals surface area contributed by atoms with Gasteiger partial charge in [-0.1, -0.05) is 70.2 Å². The Bertz CT molecular complexity index is 690. The molecular weight excluding hydrogens is 322 g/mol. The normalized spacial score (nSPS) is 11.0. The highest BCUT2D eigenvalue weighted by Gasteiger charge is 2.09. The molecule has 2 rings (SSSR count). The zero-order valence-corrected chi connectivity index (χ0v) is 16.4. The van der Waals surface area contributed by atoms with Gasteiger partial charge in [-0.15, -0.1) is 0 Å². The molecule has 0 fully saturated rings. The van der Waals surface area contributed by atoms with E-state index in [1.807, 2.05) is 24.3 Å². The van der Waals surface area contributed by atoms with E-state index in [4.69, 9.17) is 4.74 Å². The van der Waals surface area contributed by atoms with Gasteiger partial charge in [0.25, 0.3) is 5.91 Å². The molecule has 0 aliphatic heterocycles. The van der Waals surface area contributed by atoms with Gasteiger partial charge >= 0.3 is 0 Å². The Morgan fingerprint density at radius 2 is 1.65 bits per heavy atom. The number of nitrogens with one attached hydrogen (secondary N) is 1. The Hall–Kier alpha value is -2.29. The van der Waals surface area contributed by atoms with Crippen LogP contribution in [0.3, 0.4) is 0 Å². The Kier molecular flexibility index (Phi) is 7.71. The molecule has 140 valence electrons. The van der Waals surface area contributed by atoms with Crippen LogP contribution in [-0.4, -0.2) is 19.1 Å². The number of amides is 1. The summed E-state index contributed by atoms with van der Waals surface area (Å²) in [5.74, 6) is 1.65. The van der Waals surface area contributed by atoms with Crippen molar-refractivity contribution >= 4 is 5.91 Å². The van der Waals surface area contributed by atoms with Crippen LogP contribution in [-0.2, 0) is 11.2 Å². The average Bonchev–Trinajstić information content (AvgIpc) is 2.64. The van der Waals surface area contributed by atoms with Gasteiger partial charge in [0.2, 0.25) is 0 Å². The average molecular weight is 354 g/mol. The fraction of sp³-hybridized carbons (Fsp3) is 0.435. The lowest BCUT2D eigenvalue weighted by Crippen LogP contribution is -2.30. The topological polar surface area (TPSA) is 38.3 Å². The highest BCUT2D eigenvalue weighted by Crippen LogP contribution is 2.25. The van der Waals surface area contributed by atoms with Gasteiger partial charge in [-0.2, -0.15) is 0 Å². The molecule has 3 nitrogen and oxygen atoms in total. The molecule has 0 heterocycles. The van der Waals surface area contributed by atoms with Crippen molar-refractivity contribution in [2.24, 2.45) is 0 Å². The van der Waals surface area contributed by atoms with Gasteiger partial charge in [-0.25, -0.2) is 0 Å². The summed E-state index contributed by atoms with van der Waals surface area (Å²) in [6.45, 7) is 9.37. The Balaban J connectivity index is 1.69. The summed E-state index contributed by atoms with van der Waals surface area (Å²) in [4.78, 5) is 12.0. The van der Waals surface area contributed by atoms with Crippen LogP contribution in [0.25, 0.3) is 0 Å². The van der Waals surface area contributed by atoms with Crippen LogP contribution < -0.4 is 10.1 Å². The number of carbonyl (C=O) groups is 1. The lowest BCUT2D eigenvalue weighted by atomic mass is 10.0. The van der Waals surface area contributed by atoms with Gasteiger partial charge in [0.15, 0.2) is 6.61 Å².